The summed E-state index contributed by atoms with van der Waals surface area (Å²) in [7, 11) is 0. The smallest absolute Gasteiger partial charge is 0.242 e. The number of rotatable bonds is 3. The van der Waals surface area contributed by atoms with Gasteiger partial charge in [-0.25, -0.2) is 0 Å². The van der Waals surface area contributed by atoms with E-state index in [4.69, 9.17) is 5.73 Å². The van der Waals surface area contributed by atoms with E-state index in [1.165, 1.54) is 11.8 Å². The summed E-state index contributed by atoms with van der Waals surface area (Å²) in [6.45, 7) is 3.67. The molecule has 2 amide bonds. The van der Waals surface area contributed by atoms with Crippen LogP contribution in [0, 0.1) is 5.41 Å². The zero-order valence-corrected chi connectivity index (χ0v) is 9.98. The van der Waals surface area contributed by atoms with Crippen molar-refractivity contribution in [3.63, 3.8) is 0 Å². The van der Waals surface area contributed by atoms with Crippen LogP contribution in [0.1, 0.15) is 19.8 Å². The predicted octanol–water partition coefficient (Wildman–Crippen LogP) is -1.57. The molecular weight excluding hydrogens is 222 g/mol. The van der Waals surface area contributed by atoms with Crippen LogP contribution in [-0.2, 0) is 9.59 Å². The van der Waals surface area contributed by atoms with Crippen molar-refractivity contribution < 1.29 is 14.7 Å². The van der Waals surface area contributed by atoms with Crippen LogP contribution in [0.3, 0.4) is 0 Å². The van der Waals surface area contributed by atoms with Gasteiger partial charge in [0.25, 0.3) is 0 Å². The number of hydrogen-bond donors (Lipinski definition) is 3. The van der Waals surface area contributed by atoms with Crippen molar-refractivity contribution >= 4 is 11.8 Å². The Balaban J connectivity index is 2.07. The largest absolute Gasteiger partial charge is 0.391 e. The summed E-state index contributed by atoms with van der Waals surface area (Å²) in [4.78, 5) is 24.8. The number of nitrogens with two attached hydrogens (primary N) is 1. The molecule has 2 aliphatic heterocycles. The van der Waals surface area contributed by atoms with Crippen LogP contribution in [0.15, 0.2) is 0 Å². The molecule has 0 aliphatic carbocycles. The molecule has 0 aromatic heterocycles. The van der Waals surface area contributed by atoms with Crippen LogP contribution in [0.25, 0.3) is 0 Å². The van der Waals surface area contributed by atoms with Crippen molar-refractivity contribution in [2.75, 3.05) is 19.6 Å². The second-order valence-electron chi connectivity index (χ2n) is 5.05. The first-order chi connectivity index (χ1) is 7.98. The second kappa shape index (κ2) is 4.27. The second-order valence-corrected chi connectivity index (χ2v) is 5.05. The molecule has 0 radical (unpaired) electrons. The average Bonchev–Trinajstić information content (AvgIpc) is 2.28. The van der Waals surface area contributed by atoms with Crippen LogP contribution in [0.2, 0.25) is 0 Å². The number of primary amides is 1. The van der Waals surface area contributed by atoms with Crippen LogP contribution in [0.4, 0.5) is 0 Å². The predicted molar refractivity (Wildman–Crippen MR) is 60.9 cm³/mol. The Morgan fingerprint density at radius 2 is 2.12 bits per heavy atom. The van der Waals surface area contributed by atoms with Gasteiger partial charge < -0.3 is 21.1 Å². The quantitative estimate of drug-likeness (QED) is 0.520. The van der Waals surface area contributed by atoms with Gasteiger partial charge >= 0.3 is 0 Å². The van der Waals surface area contributed by atoms with E-state index in [1.54, 1.807) is 0 Å². The van der Waals surface area contributed by atoms with Gasteiger partial charge in [-0.2, -0.15) is 0 Å². The van der Waals surface area contributed by atoms with Gasteiger partial charge in [-0.1, -0.05) is 0 Å². The van der Waals surface area contributed by atoms with E-state index < -0.39 is 18.1 Å². The van der Waals surface area contributed by atoms with E-state index in [9.17, 15) is 14.7 Å². The fourth-order valence-corrected chi connectivity index (χ4v) is 2.83. The number of β-lactam (4-membered cyclic amide) rings is 1. The number of amides is 2. The van der Waals surface area contributed by atoms with Gasteiger partial charge in [0.2, 0.25) is 11.8 Å². The van der Waals surface area contributed by atoms with Crippen molar-refractivity contribution in [3.05, 3.63) is 0 Å². The molecule has 17 heavy (non-hydrogen) atoms. The molecule has 96 valence electrons. The lowest BCUT2D eigenvalue weighted by Gasteiger charge is -2.53. The highest BCUT2D eigenvalue weighted by Crippen LogP contribution is 2.41. The Morgan fingerprint density at radius 3 is 2.53 bits per heavy atom. The monoisotopic (exact) mass is 241 g/mol. The van der Waals surface area contributed by atoms with Gasteiger partial charge in [0.1, 0.15) is 6.04 Å². The Hall–Kier alpha value is -1.14. The molecule has 2 heterocycles. The minimum atomic E-state index is -0.921. The molecule has 0 aromatic carbocycles. The zero-order chi connectivity index (χ0) is 12.6. The molecule has 1 spiro atoms. The highest BCUT2D eigenvalue weighted by molar-refractivity contribution is 5.94. The molecule has 6 heteroatoms. The van der Waals surface area contributed by atoms with Crippen molar-refractivity contribution in [2.45, 2.75) is 31.9 Å². The molecule has 4 N–H and O–H groups in total. The first-order valence-corrected chi connectivity index (χ1v) is 5.97. The SMILES string of the molecule is C[C@@H](O)C(C(N)=O)N1CC2(CCNCC2)C1=O. The summed E-state index contributed by atoms with van der Waals surface area (Å²) in [5, 5.41) is 12.7. The molecule has 2 saturated heterocycles. The first-order valence-electron chi connectivity index (χ1n) is 5.97. The molecule has 0 bridgehead atoms. The van der Waals surface area contributed by atoms with Crippen molar-refractivity contribution in [1.29, 1.82) is 0 Å². The lowest BCUT2D eigenvalue weighted by atomic mass is 9.70. The van der Waals surface area contributed by atoms with Crippen molar-refractivity contribution in [2.24, 2.45) is 11.1 Å². The topological polar surface area (TPSA) is 95.7 Å². The number of carbonyl (C=O) groups excluding carboxylic acids is 2. The average molecular weight is 241 g/mol. The molecule has 2 aliphatic rings. The molecule has 2 fully saturated rings. The Labute approximate surface area is 100 Å². The molecule has 2 rings (SSSR count). The number of carbonyl (C=O) groups is 2. The van der Waals surface area contributed by atoms with Crippen LogP contribution >= 0.6 is 0 Å². The normalized spacial score (nSPS) is 26.5. The van der Waals surface area contributed by atoms with E-state index in [2.05, 4.69) is 5.32 Å². The van der Waals surface area contributed by atoms with Crippen molar-refractivity contribution in [3.8, 4) is 0 Å². The number of aliphatic hydroxyl groups excluding tert-OH is 1. The maximum atomic E-state index is 12.2. The molecule has 2 atom stereocenters. The number of hydrogen-bond acceptors (Lipinski definition) is 4. The summed E-state index contributed by atoms with van der Waals surface area (Å²) >= 11 is 0. The van der Waals surface area contributed by atoms with Gasteiger partial charge in [-0.05, 0) is 32.9 Å². The third-order valence-electron chi connectivity index (χ3n) is 3.83. The van der Waals surface area contributed by atoms with Crippen LogP contribution in [-0.4, -0.2) is 53.6 Å². The number of piperidine rings is 1. The summed E-state index contributed by atoms with van der Waals surface area (Å²) in [5.41, 5.74) is 4.91. The summed E-state index contributed by atoms with van der Waals surface area (Å²) in [5.74, 6) is -0.680. The molecule has 0 saturated carbocycles. The third kappa shape index (κ3) is 1.91. The van der Waals surface area contributed by atoms with Crippen LogP contribution in [0.5, 0.6) is 0 Å². The van der Waals surface area contributed by atoms with E-state index in [0.29, 0.717) is 6.54 Å². The molecular formula is C11H19N3O3. The summed E-state index contributed by atoms with van der Waals surface area (Å²) in [6, 6.07) is -0.886. The maximum absolute atomic E-state index is 12.2. The zero-order valence-electron chi connectivity index (χ0n) is 9.98. The lowest BCUT2D eigenvalue weighted by Crippen LogP contribution is -2.70. The van der Waals surface area contributed by atoms with E-state index in [0.717, 1.165) is 25.9 Å². The third-order valence-corrected chi connectivity index (χ3v) is 3.83. The Bertz CT molecular complexity index is 337. The number of likely N-dealkylation sites (tertiary alicyclic amines) is 1. The highest BCUT2D eigenvalue weighted by Gasteiger charge is 2.55. The van der Waals surface area contributed by atoms with Gasteiger partial charge in [-0.3, -0.25) is 9.59 Å². The minimum absolute atomic E-state index is 0.0382. The number of nitrogens with one attached hydrogen (secondary N) is 1. The highest BCUT2D eigenvalue weighted by atomic mass is 16.3. The van der Waals surface area contributed by atoms with E-state index >= 15 is 0 Å². The minimum Gasteiger partial charge on any atom is -0.391 e. The van der Waals surface area contributed by atoms with E-state index in [1.807, 2.05) is 0 Å². The van der Waals surface area contributed by atoms with E-state index in [-0.39, 0.29) is 11.3 Å². The Morgan fingerprint density at radius 1 is 1.53 bits per heavy atom. The number of aliphatic hydroxyl groups is 1. The maximum Gasteiger partial charge on any atom is 0.242 e. The number of nitrogens with zero attached hydrogens (tertiary/aromatic N) is 1. The van der Waals surface area contributed by atoms with Crippen LogP contribution < -0.4 is 11.1 Å². The van der Waals surface area contributed by atoms with Gasteiger partial charge in [0.15, 0.2) is 0 Å². The Kier molecular flexibility index (Phi) is 3.09. The summed E-state index contributed by atoms with van der Waals surface area (Å²) in [6.07, 6.45) is 0.678. The van der Waals surface area contributed by atoms with Gasteiger partial charge in [0, 0.05) is 6.54 Å². The van der Waals surface area contributed by atoms with Gasteiger partial charge in [-0.15, -0.1) is 0 Å². The van der Waals surface area contributed by atoms with Gasteiger partial charge in [0.05, 0.1) is 11.5 Å². The van der Waals surface area contributed by atoms with Crippen molar-refractivity contribution in [1.82, 2.24) is 10.2 Å². The molecule has 0 aromatic rings. The fraction of sp³-hybridized carbons (Fsp3) is 0.818. The molecule has 6 nitrogen and oxygen atoms in total. The fourth-order valence-electron chi connectivity index (χ4n) is 2.83. The lowest BCUT2D eigenvalue weighted by molar-refractivity contribution is -0.174. The first kappa shape index (κ1) is 12.3. The molecule has 1 unspecified atom stereocenters. The standard InChI is InChI=1S/C11H19N3O3/c1-7(15)8(9(12)16)14-6-11(10(14)17)2-4-13-5-3-11/h7-8,13,15H,2-6H2,1H3,(H2,12,16)/t7-,8?/m1/s1. The summed E-state index contributed by atoms with van der Waals surface area (Å²) < 4.78 is 0.